The molecule has 1 aliphatic rings. The van der Waals surface area contributed by atoms with E-state index in [0.717, 1.165) is 39.8 Å². The molecule has 0 spiro atoms. The highest BCUT2D eigenvalue weighted by Crippen LogP contribution is 2.37. The highest BCUT2D eigenvalue weighted by Gasteiger charge is 2.32. The summed E-state index contributed by atoms with van der Waals surface area (Å²) >= 11 is 4.91. The molecule has 27 heavy (non-hydrogen) atoms. The first-order valence-electron chi connectivity index (χ1n) is 8.91. The first kappa shape index (κ1) is 17.2. The van der Waals surface area contributed by atoms with Gasteiger partial charge in [-0.1, -0.05) is 36.0 Å². The zero-order valence-corrected chi connectivity index (χ0v) is 16.9. The number of thioether (sulfide) groups is 1. The van der Waals surface area contributed by atoms with Crippen LogP contribution in [0.4, 0.5) is 0 Å². The Morgan fingerprint density at radius 2 is 1.74 bits per heavy atom. The monoisotopic (exact) mass is 411 g/mol. The van der Waals surface area contributed by atoms with E-state index in [9.17, 15) is 4.79 Å². The molecule has 0 radical (unpaired) electrons. The number of amides is 1. The molecular weight excluding hydrogens is 394 g/mol. The number of likely N-dealkylation sites (tertiary alicyclic amines) is 1. The van der Waals surface area contributed by atoms with Crippen LogP contribution in [0.5, 0.6) is 0 Å². The van der Waals surface area contributed by atoms with Gasteiger partial charge in [-0.3, -0.25) is 4.79 Å². The highest BCUT2D eigenvalue weighted by atomic mass is 32.2. The molecule has 4 aromatic rings. The minimum Gasteiger partial charge on any atom is -0.332 e. The number of thiazole rings is 2. The molecule has 4 nitrogen and oxygen atoms in total. The molecule has 3 heterocycles. The maximum Gasteiger partial charge on any atom is 0.233 e. The molecular formula is C20H17N3OS3. The lowest BCUT2D eigenvalue weighted by molar-refractivity contribution is -0.129. The lowest BCUT2D eigenvalue weighted by Gasteiger charge is -2.22. The van der Waals surface area contributed by atoms with Crippen molar-refractivity contribution >= 4 is 60.8 Å². The second kappa shape index (κ2) is 7.22. The quantitative estimate of drug-likeness (QED) is 0.424. The van der Waals surface area contributed by atoms with Gasteiger partial charge >= 0.3 is 0 Å². The third kappa shape index (κ3) is 3.35. The fourth-order valence-electron chi connectivity index (χ4n) is 3.47. The van der Waals surface area contributed by atoms with Crippen molar-refractivity contribution in [2.45, 2.75) is 23.2 Å². The van der Waals surface area contributed by atoms with Gasteiger partial charge in [0, 0.05) is 6.54 Å². The maximum atomic E-state index is 12.9. The second-order valence-corrected chi connectivity index (χ2v) is 9.82. The van der Waals surface area contributed by atoms with Crippen LogP contribution in [0.2, 0.25) is 0 Å². The van der Waals surface area contributed by atoms with E-state index in [4.69, 9.17) is 4.98 Å². The van der Waals surface area contributed by atoms with Crippen molar-refractivity contribution < 1.29 is 4.79 Å². The standard InChI is InChI=1S/C20H17N3OS3/c24-18(12-25-20-22-14-7-2-4-10-17(14)27-20)23-11-5-8-15(23)19-21-13-6-1-3-9-16(13)26-19/h1-4,6-7,9-10,15H,5,8,11-12H2/t15-/m0/s1. The average Bonchev–Trinajstić information content (AvgIpc) is 3.42. The van der Waals surface area contributed by atoms with Gasteiger partial charge in [0.25, 0.3) is 0 Å². The zero-order valence-electron chi connectivity index (χ0n) is 14.5. The van der Waals surface area contributed by atoms with Crippen molar-refractivity contribution in [2.24, 2.45) is 0 Å². The summed E-state index contributed by atoms with van der Waals surface area (Å²) in [6, 6.07) is 16.4. The van der Waals surface area contributed by atoms with Gasteiger partial charge in [0.05, 0.1) is 32.2 Å². The van der Waals surface area contributed by atoms with E-state index < -0.39 is 0 Å². The van der Waals surface area contributed by atoms with Gasteiger partial charge in [0.1, 0.15) is 5.01 Å². The van der Waals surface area contributed by atoms with Gasteiger partial charge in [-0.05, 0) is 37.1 Å². The van der Waals surface area contributed by atoms with E-state index in [1.807, 2.05) is 41.3 Å². The fraction of sp³-hybridized carbons (Fsp3) is 0.250. The number of fused-ring (bicyclic) bond motifs is 2. The Balaban J connectivity index is 1.31. The molecule has 136 valence electrons. The first-order valence-corrected chi connectivity index (χ1v) is 11.5. The van der Waals surface area contributed by atoms with Crippen LogP contribution in [0, 0.1) is 0 Å². The van der Waals surface area contributed by atoms with Gasteiger partial charge in [-0.25, -0.2) is 9.97 Å². The topological polar surface area (TPSA) is 46.1 Å². The number of hydrogen-bond donors (Lipinski definition) is 0. The second-order valence-electron chi connectivity index (χ2n) is 6.50. The van der Waals surface area contributed by atoms with E-state index in [1.165, 1.54) is 9.40 Å². The number of para-hydroxylation sites is 2. The molecule has 2 aromatic heterocycles. The molecule has 0 bridgehead atoms. The van der Waals surface area contributed by atoms with Gasteiger partial charge in [-0.2, -0.15) is 0 Å². The third-order valence-electron chi connectivity index (χ3n) is 4.76. The summed E-state index contributed by atoms with van der Waals surface area (Å²) < 4.78 is 3.32. The van der Waals surface area contributed by atoms with Crippen LogP contribution in [0.3, 0.4) is 0 Å². The summed E-state index contributed by atoms with van der Waals surface area (Å²) in [5.41, 5.74) is 2.03. The van der Waals surface area contributed by atoms with E-state index >= 15 is 0 Å². The fourth-order valence-corrected chi connectivity index (χ4v) is 6.54. The van der Waals surface area contributed by atoms with Crippen LogP contribution >= 0.6 is 34.4 Å². The molecule has 0 saturated carbocycles. The number of rotatable bonds is 4. The molecule has 0 N–H and O–H groups in total. The summed E-state index contributed by atoms with van der Waals surface area (Å²) in [4.78, 5) is 24.3. The Morgan fingerprint density at radius 1 is 1.04 bits per heavy atom. The Kier molecular flexibility index (Phi) is 4.59. The van der Waals surface area contributed by atoms with Crippen molar-refractivity contribution in [3.63, 3.8) is 0 Å². The van der Waals surface area contributed by atoms with Crippen LogP contribution in [0.1, 0.15) is 23.9 Å². The molecule has 0 aliphatic carbocycles. The van der Waals surface area contributed by atoms with E-state index in [0.29, 0.717) is 5.75 Å². The van der Waals surface area contributed by atoms with Crippen molar-refractivity contribution in [1.29, 1.82) is 0 Å². The van der Waals surface area contributed by atoms with Gasteiger partial charge < -0.3 is 4.90 Å². The molecule has 7 heteroatoms. The Hall–Kier alpha value is -1.96. The minimum atomic E-state index is 0.117. The summed E-state index contributed by atoms with van der Waals surface area (Å²) in [5.74, 6) is 0.613. The summed E-state index contributed by atoms with van der Waals surface area (Å²) in [6.45, 7) is 0.819. The summed E-state index contributed by atoms with van der Waals surface area (Å²) in [7, 11) is 0. The zero-order chi connectivity index (χ0) is 18.2. The molecule has 1 aliphatic heterocycles. The molecule has 1 atom stereocenters. The Bertz CT molecular complexity index is 1050. The molecule has 2 aromatic carbocycles. The Labute approximate surface area is 169 Å². The normalized spacial score (nSPS) is 17.2. The minimum absolute atomic E-state index is 0.117. The van der Waals surface area contributed by atoms with Crippen molar-refractivity contribution in [3.05, 3.63) is 53.5 Å². The number of aromatic nitrogens is 2. The maximum absolute atomic E-state index is 12.9. The van der Waals surface area contributed by atoms with Crippen LogP contribution in [-0.2, 0) is 4.79 Å². The Morgan fingerprint density at radius 3 is 2.48 bits per heavy atom. The van der Waals surface area contributed by atoms with Crippen LogP contribution in [-0.4, -0.2) is 33.1 Å². The van der Waals surface area contributed by atoms with Crippen molar-refractivity contribution in [3.8, 4) is 0 Å². The first-order chi connectivity index (χ1) is 13.3. The predicted molar refractivity (Wildman–Crippen MR) is 114 cm³/mol. The van der Waals surface area contributed by atoms with Crippen LogP contribution in [0.15, 0.2) is 52.9 Å². The van der Waals surface area contributed by atoms with E-state index in [2.05, 4.69) is 17.1 Å². The largest absolute Gasteiger partial charge is 0.332 e. The molecule has 1 fully saturated rings. The summed E-state index contributed by atoms with van der Waals surface area (Å²) in [6.07, 6.45) is 2.04. The lowest BCUT2D eigenvalue weighted by Crippen LogP contribution is -2.31. The summed E-state index contributed by atoms with van der Waals surface area (Å²) in [5, 5.41) is 1.06. The number of carbonyl (C=O) groups is 1. The SMILES string of the molecule is O=C(CSc1nc2ccccc2s1)N1CCC[C@H]1c1nc2ccccc2s1. The number of hydrogen-bond acceptors (Lipinski definition) is 6. The highest BCUT2D eigenvalue weighted by molar-refractivity contribution is 8.01. The van der Waals surface area contributed by atoms with E-state index in [1.54, 1.807) is 34.4 Å². The van der Waals surface area contributed by atoms with E-state index in [-0.39, 0.29) is 11.9 Å². The van der Waals surface area contributed by atoms with Crippen LogP contribution in [0.25, 0.3) is 20.4 Å². The van der Waals surface area contributed by atoms with Crippen molar-refractivity contribution in [2.75, 3.05) is 12.3 Å². The molecule has 5 rings (SSSR count). The smallest absolute Gasteiger partial charge is 0.233 e. The molecule has 1 saturated heterocycles. The van der Waals surface area contributed by atoms with Gasteiger partial charge in [0.2, 0.25) is 5.91 Å². The number of benzene rings is 2. The predicted octanol–water partition coefficient (Wildman–Crippen LogP) is 5.36. The third-order valence-corrected chi connectivity index (χ3v) is 8.06. The average molecular weight is 412 g/mol. The van der Waals surface area contributed by atoms with Crippen molar-refractivity contribution in [1.82, 2.24) is 14.9 Å². The molecule has 0 unspecified atom stereocenters. The van der Waals surface area contributed by atoms with Gasteiger partial charge in [-0.15, -0.1) is 22.7 Å². The van der Waals surface area contributed by atoms with Crippen LogP contribution < -0.4 is 0 Å². The molecule has 1 amide bonds. The van der Waals surface area contributed by atoms with Gasteiger partial charge in [0.15, 0.2) is 4.34 Å². The number of carbonyl (C=O) groups excluding carboxylic acids is 1. The number of nitrogens with zero attached hydrogens (tertiary/aromatic N) is 3. The lowest BCUT2D eigenvalue weighted by atomic mass is 10.2.